The third kappa shape index (κ3) is 9.69. The number of hydrogen-bond acceptors (Lipinski definition) is 4. The summed E-state index contributed by atoms with van der Waals surface area (Å²) in [7, 11) is -9.18. The quantitative estimate of drug-likeness (QED) is 0.642. The van der Waals surface area contributed by atoms with E-state index in [2.05, 4.69) is 8.73 Å². The van der Waals surface area contributed by atoms with Crippen LogP contribution in [0.15, 0.2) is 8.73 Å². The maximum atomic E-state index is 11.9. The fraction of sp³-hybridized carbons (Fsp3) is 1.00. The third-order valence-electron chi connectivity index (χ3n) is 0.496. The maximum Gasteiger partial charge on any atom is 0.368 e. The van der Waals surface area contributed by atoms with Gasteiger partial charge in [-0.05, 0) is 0 Å². The Balaban J connectivity index is 4.40. The van der Waals surface area contributed by atoms with Gasteiger partial charge < -0.3 is 0 Å². The van der Waals surface area contributed by atoms with E-state index in [1.807, 2.05) is 0 Å². The number of hydrogen-bond donors (Lipinski definition) is 0. The van der Waals surface area contributed by atoms with Crippen LogP contribution in [-0.4, -0.2) is 21.3 Å². The van der Waals surface area contributed by atoms with Gasteiger partial charge in [-0.25, -0.2) is 4.21 Å². The maximum absolute atomic E-state index is 11.9. The van der Waals surface area contributed by atoms with Crippen LogP contribution in [0.25, 0.3) is 0 Å². The summed E-state index contributed by atoms with van der Waals surface area (Å²) in [4.78, 5) is 0. The van der Waals surface area contributed by atoms with Gasteiger partial charge in [-0.1, -0.05) is 7.77 Å². The number of rotatable bonds is 2. The Morgan fingerprint density at radius 1 is 1.18 bits per heavy atom. The van der Waals surface area contributed by atoms with E-state index in [1.54, 1.807) is 0 Å². The molecule has 0 aliphatic heterocycles. The normalized spacial score (nSPS) is 17.1. The first-order valence-electron chi connectivity index (χ1n) is 2.20. The second-order valence-electron chi connectivity index (χ2n) is 1.51. The van der Waals surface area contributed by atoms with Crippen molar-refractivity contribution in [2.24, 2.45) is 8.73 Å². The monoisotopic (exact) mass is 210 g/mol. The van der Waals surface area contributed by atoms with Gasteiger partial charge in [0.1, 0.15) is 0 Å². The molecule has 0 aromatic rings. The van der Waals surface area contributed by atoms with E-state index < -0.39 is 27.3 Å². The summed E-state index contributed by atoms with van der Waals surface area (Å²) in [5.74, 6) is 0. The molecule has 1 atom stereocenters. The molecule has 0 saturated heterocycles. The Morgan fingerprint density at radius 3 is 1.91 bits per heavy atom. The van der Waals surface area contributed by atoms with Crippen molar-refractivity contribution in [3.05, 3.63) is 0 Å². The van der Waals surface area contributed by atoms with Gasteiger partial charge in [0.05, 0.1) is 0 Å². The van der Waals surface area contributed by atoms with E-state index in [0.29, 0.717) is 6.26 Å². The smallest absolute Gasteiger partial charge is 0.217 e. The molecule has 0 fully saturated rings. The highest BCUT2D eigenvalue weighted by Gasteiger charge is 1.99. The Bertz CT molecular complexity index is 298. The SMILES string of the molecule is CS(=O)(F)=NCN=S(=O)(F)F. The summed E-state index contributed by atoms with van der Waals surface area (Å²) in [6, 6.07) is 0. The van der Waals surface area contributed by atoms with E-state index >= 15 is 0 Å². The molecule has 0 radical (unpaired) electrons. The molecule has 0 spiro atoms. The predicted molar refractivity (Wildman–Crippen MR) is 35.3 cm³/mol. The highest BCUT2D eigenvalue weighted by molar-refractivity contribution is 7.87. The zero-order chi connectivity index (χ0) is 9.12. The highest BCUT2D eigenvalue weighted by Crippen LogP contribution is 1.99. The van der Waals surface area contributed by atoms with Crippen molar-refractivity contribution >= 4 is 20.6 Å². The van der Waals surface area contributed by atoms with E-state index in [0.717, 1.165) is 0 Å². The lowest BCUT2D eigenvalue weighted by atomic mass is 11.3. The standard InChI is InChI=1S/C2H5F3N2O2S2/c1-10(3,8)6-2-7-11(4,5)9/h2H2,1H3. The first-order chi connectivity index (χ1) is 4.71. The summed E-state index contributed by atoms with van der Waals surface area (Å²) in [5, 5.41) is 0. The molecule has 9 heteroatoms. The molecule has 68 valence electrons. The molecule has 4 nitrogen and oxygen atoms in total. The predicted octanol–water partition coefficient (Wildman–Crippen LogP) is 1.16. The lowest BCUT2D eigenvalue weighted by molar-refractivity contribution is 0.584. The van der Waals surface area contributed by atoms with Crippen molar-refractivity contribution in [3.8, 4) is 0 Å². The number of nitrogens with zero attached hydrogens (tertiary/aromatic N) is 2. The fourth-order valence-corrected chi connectivity index (χ4v) is 0.723. The van der Waals surface area contributed by atoms with Crippen molar-refractivity contribution in [2.75, 3.05) is 12.9 Å². The van der Waals surface area contributed by atoms with Crippen molar-refractivity contribution in [1.82, 2.24) is 0 Å². The van der Waals surface area contributed by atoms with Crippen LogP contribution < -0.4 is 0 Å². The summed E-state index contributed by atoms with van der Waals surface area (Å²) in [6.07, 6.45) is 0.612. The minimum atomic E-state index is -5.26. The molecule has 0 aromatic heterocycles. The molecule has 0 bridgehead atoms. The minimum Gasteiger partial charge on any atom is -0.217 e. The van der Waals surface area contributed by atoms with Gasteiger partial charge in [0.25, 0.3) is 0 Å². The Hall–Kier alpha value is -0.310. The summed E-state index contributed by atoms with van der Waals surface area (Å²) < 4.78 is 59.0. The van der Waals surface area contributed by atoms with Crippen LogP contribution in [0.2, 0.25) is 0 Å². The van der Waals surface area contributed by atoms with Crippen molar-refractivity contribution in [3.63, 3.8) is 0 Å². The molecule has 0 aromatic carbocycles. The van der Waals surface area contributed by atoms with Crippen LogP contribution in [0.3, 0.4) is 0 Å². The first kappa shape index (κ1) is 10.7. The second kappa shape index (κ2) is 3.39. The van der Waals surface area contributed by atoms with Gasteiger partial charge in [-0.15, -0.1) is 3.89 Å². The van der Waals surface area contributed by atoms with E-state index in [-0.39, 0.29) is 0 Å². The molecule has 0 amide bonds. The molecule has 0 saturated carbocycles. The van der Waals surface area contributed by atoms with Crippen molar-refractivity contribution in [1.29, 1.82) is 0 Å². The molecule has 0 aliphatic carbocycles. The van der Waals surface area contributed by atoms with Crippen molar-refractivity contribution < 1.29 is 20.1 Å². The van der Waals surface area contributed by atoms with Gasteiger partial charge in [0, 0.05) is 6.26 Å². The Labute approximate surface area is 63.0 Å². The zero-order valence-electron chi connectivity index (χ0n) is 5.37. The second-order valence-corrected chi connectivity index (χ2v) is 4.24. The van der Waals surface area contributed by atoms with Crippen LogP contribution in [0, 0.1) is 0 Å². The molecule has 0 heterocycles. The molecule has 0 rings (SSSR count). The van der Waals surface area contributed by atoms with Crippen LogP contribution in [0.5, 0.6) is 0 Å². The van der Waals surface area contributed by atoms with Crippen molar-refractivity contribution in [2.45, 2.75) is 0 Å². The van der Waals surface area contributed by atoms with Gasteiger partial charge in [0.15, 0.2) is 6.67 Å². The molecule has 1 unspecified atom stereocenters. The van der Waals surface area contributed by atoms with Gasteiger partial charge in [-0.2, -0.15) is 12.9 Å². The summed E-state index contributed by atoms with van der Waals surface area (Å²) in [5.41, 5.74) is 0. The molecule has 11 heavy (non-hydrogen) atoms. The Kier molecular flexibility index (Phi) is 3.30. The van der Waals surface area contributed by atoms with E-state index in [9.17, 15) is 20.1 Å². The summed E-state index contributed by atoms with van der Waals surface area (Å²) in [6.45, 7) is -1.06. The average Bonchev–Trinajstić information content (AvgIpc) is 1.55. The van der Waals surface area contributed by atoms with Gasteiger partial charge in [-0.3, -0.25) is 0 Å². The van der Waals surface area contributed by atoms with Crippen LogP contribution in [-0.2, 0) is 20.6 Å². The molecular formula is C2H5F3N2O2S2. The summed E-state index contributed by atoms with van der Waals surface area (Å²) >= 11 is 0. The molecule has 0 N–H and O–H groups in total. The van der Waals surface area contributed by atoms with Crippen LogP contribution in [0.4, 0.5) is 11.7 Å². The average molecular weight is 210 g/mol. The zero-order valence-corrected chi connectivity index (χ0v) is 7.00. The molecule has 0 aliphatic rings. The fourth-order valence-electron chi connectivity index (χ4n) is 0.194. The van der Waals surface area contributed by atoms with Crippen LogP contribution >= 0.6 is 0 Å². The third-order valence-corrected chi connectivity index (χ3v) is 1.49. The largest absolute Gasteiger partial charge is 0.368 e. The highest BCUT2D eigenvalue weighted by atomic mass is 32.3. The Morgan fingerprint density at radius 2 is 1.64 bits per heavy atom. The number of halogens is 3. The van der Waals surface area contributed by atoms with Gasteiger partial charge >= 0.3 is 10.5 Å². The first-order valence-corrected chi connectivity index (χ1v) is 5.34. The van der Waals surface area contributed by atoms with Gasteiger partial charge in [0.2, 0.25) is 10.1 Å². The van der Waals surface area contributed by atoms with E-state index in [1.165, 1.54) is 0 Å². The molecular weight excluding hydrogens is 205 g/mol. The topological polar surface area (TPSA) is 58.9 Å². The lowest BCUT2D eigenvalue weighted by Crippen LogP contribution is -1.87. The minimum absolute atomic E-state index is 0.612. The lowest BCUT2D eigenvalue weighted by Gasteiger charge is -1.86. The van der Waals surface area contributed by atoms with Crippen LogP contribution in [0.1, 0.15) is 0 Å². The van der Waals surface area contributed by atoms with E-state index in [4.69, 9.17) is 0 Å².